The molecule has 0 spiro atoms. The van der Waals surface area contributed by atoms with Crippen molar-refractivity contribution in [2.75, 3.05) is 33.4 Å². The van der Waals surface area contributed by atoms with Crippen molar-refractivity contribution >= 4 is 29.9 Å². The number of rotatable bonds is 6. The minimum atomic E-state index is 0. The zero-order valence-corrected chi connectivity index (χ0v) is 16.4. The number of nitrogens with zero attached hydrogens (tertiary/aromatic N) is 2. The smallest absolute Gasteiger partial charge is 0.191 e. The number of methoxy groups -OCH3 is 1. The van der Waals surface area contributed by atoms with E-state index in [1.807, 2.05) is 24.3 Å². The van der Waals surface area contributed by atoms with Gasteiger partial charge in [-0.3, -0.25) is 0 Å². The molecule has 23 heavy (non-hydrogen) atoms. The number of hydrogen-bond acceptors (Lipinski definition) is 3. The van der Waals surface area contributed by atoms with Crippen molar-refractivity contribution < 1.29 is 9.47 Å². The molecule has 2 N–H and O–H groups in total. The summed E-state index contributed by atoms with van der Waals surface area (Å²) in [4.78, 5) is 6.70. The summed E-state index contributed by atoms with van der Waals surface area (Å²) in [6.45, 7) is 6.03. The van der Waals surface area contributed by atoms with Crippen molar-refractivity contribution in [2.24, 2.45) is 16.6 Å². The molecular weight excluding hydrogens is 405 g/mol. The summed E-state index contributed by atoms with van der Waals surface area (Å²) >= 11 is 0. The van der Waals surface area contributed by atoms with Crippen molar-refractivity contribution in [1.29, 1.82) is 0 Å². The Kier molecular flexibility index (Phi) is 9.31. The summed E-state index contributed by atoms with van der Waals surface area (Å²) in [5.74, 6) is 2.29. The van der Waals surface area contributed by atoms with Crippen LogP contribution < -0.4 is 10.5 Å². The third-order valence-electron chi connectivity index (χ3n) is 3.99. The van der Waals surface area contributed by atoms with Crippen LogP contribution in [0.15, 0.2) is 29.3 Å². The zero-order valence-electron chi connectivity index (χ0n) is 14.0. The topological polar surface area (TPSA) is 60.1 Å². The van der Waals surface area contributed by atoms with Gasteiger partial charge in [0.1, 0.15) is 12.4 Å². The number of aliphatic imine (C=N–C) groups is 1. The second-order valence-electron chi connectivity index (χ2n) is 5.83. The Morgan fingerprint density at radius 1 is 1.30 bits per heavy atom. The Balaban J connectivity index is 0.00000264. The van der Waals surface area contributed by atoms with Crippen LogP contribution in [-0.2, 0) is 11.3 Å². The van der Waals surface area contributed by atoms with Crippen molar-refractivity contribution in [3.05, 3.63) is 29.8 Å². The number of ether oxygens (including phenoxy) is 2. The molecule has 1 fully saturated rings. The van der Waals surface area contributed by atoms with Crippen molar-refractivity contribution in [3.8, 4) is 5.75 Å². The van der Waals surface area contributed by atoms with Crippen LogP contribution in [-0.4, -0.2) is 44.3 Å². The second-order valence-corrected chi connectivity index (χ2v) is 5.83. The number of hydrogen-bond donors (Lipinski definition) is 1. The fourth-order valence-corrected chi connectivity index (χ4v) is 2.49. The maximum Gasteiger partial charge on any atom is 0.191 e. The monoisotopic (exact) mass is 433 g/mol. The number of guanidine groups is 1. The molecule has 0 aromatic heterocycles. The maximum absolute atomic E-state index is 6.11. The summed E-state index contributed by atoms with van der Waals surface area (Å²) < 4.78 is 10.6. The lowest BCUT2D eigenvalue weighted by Crippen LogP contribution is -2.42. The van der Waals surface area contributed by atoms with E-state index in [0.717, 1.165) is 30.3 Å². The lowest BCUT2D eigenvalue weighted by molar-refractivity contribution is 0.146. The normalized spacial score (nSPS) is 16.1. The molecule has 0 unspecified atom stereocenters. The predicted molar refractivity (Wildman–Crippen MR) is 105 cm³/mol. The van der Waals surface area contributed by atoms with Gasteiger partial charge >= 0.3 is 0 Å². The molecule has 6 heteroatoms. The lowest BCUT2D eigenvalue weighted by atomic mass is 10.00. The van der Waals surface area contributed by atoms with Crippen LogP contribution in [0.5, 0.6) is 5.75 Å². The molecule has 1 heterocycles. The Hall–Kier alpha value is -1.02. The molecule has 0 atom stereocenters. The fourth-order valence-electron chi connectivity index (χ4n) is 2.49. The van der Waals surface area contributed by atoms with Gasteiger partial charge in [0.2, 0.25) is 0 Å². The van der Waals surface area contributed by atoms with Gasteiger partial charge in [-0.2, -0.15) is 0 Å². The summed E-state index contributed by atoms with van der Waals surface area (Å²) in [5.41, 5.74) is 7.21. The number of benzene rings is 1. The van der Waals surface area contributed by atoms with E-state index in [0.29, 0.717) is 25.7 Å². The van der Waals surface area contributed by atoms with Gasteiger partial charge < -0.3 is 20.1 Å². The van der Waals surface area contributed by atoms with Crippen LogP contribution in [0.3, 0.4) is 0 Å². The maximum atomic E-state index is 6.11. The Morgan fingerprint density at radius 3 is 2.74 bits per heavy atom. The largest absolute Gasteiger partial charge is 0.491 e. The number of piperidine rings is 1. The summed E-state index contributed by atoms with van der Waals surface area (Å²) in [6.07, 6.45) is 2.39. The Morgan fingerprint density at radius 2 is 2.04 bits per heavy atom. The van der Waals surface area contributed by atoms with E-state index in [1.165, 1.54) is 12.8 Å². The first-order valence-corrected chi connectivity index (χ1v) is 7.94. The van der Waals surface area contributed by atoms with Gasteiger partial charge in [0.25, 0.3) is 0 Å². The summed E-state index contributed by atoms with van der Waals surface area (Å²) in [7, 11) is 1.67. The molecule has 1 aromatic rings. The molecule has 0 aliphatic carbocycles. The van der Waals surface area contributed by atoms with Gasteiger partial charge in [-0.1, -0.05) is 19.1 Å². The molecule has 0 amide bonds. The van der Waals surface area contributed by atoms with Crippen LogP contribution in [0.4, 0.5) is 0 Å². The molecule has 0 saturated carbocycles. The molecule has 130 valence electrons. The van der Waals surface area contributed by atoms with Gasteiger partial charge in [0, 0.05) is 20.2 Å². The summed E-state index contributed by atoms with van der Waals surface area (Å²) in [6, 6.07) is 7.97. The molecule has 1 aromatic carbocycles. The van der Waals surface area contributed by atoms with Crippen LogP contribution >= 0.6 is 24.0 Å². The van der Waals surface area contributed by atoms with E-state index in [1.54, 1.807) is 7.11 Å². The Bertz CT molecular complexity index is 488. The van der Waals surface area contributed by atoms with Crippen LogP contribution in [0.1, 0.15) is 25.3 Å². The van der Waals surface area contributed by atoms with Gasteiger partial charge in [0.15, 0.2) is 5.96 Å². The van der Waals surface area contributed by atoms with Gasteiger partial charge in [-0.05, 0) is 36.5 Å². The van der Waals surface area contributed by atoms with Gasteiger partial charge in [-0.15, -0.1) is 24.0 Å². The third kappa shape index (κ3) is 6.95. The highest BCUT2D eigenvalue weighted by atomic mass is 127. The van der Waals surface area contributed by atoms with Gasteiger partial charge in [-0.25, -0.2) is 4.99 Å². The summed E-state index contributed by atoms with van der Waals surface area (Å²) in [5, 5.41) is 0. The molecular formula is C17H28IN3O2. The van der Waals surface area contributed by atoms with Gasteiger partial charge in [0.05, 0.1) is 13.2 Å². The van der Waals surface area contributed by atoms with Crippen LogP contribution in [0.25, 0.3) is 0 Å². The molecule has 0 bridgehead atoms. The minimum Gasteiger partial charge on any atom is -0.491 e. The van der Waals surface area contributed by atoms with E-state index in [-0.39, 0.29) is 24.0 Å². The molecule has 0 radical (unpaired) electrons. The van der Waals surface area contributed by atoms with E-state index in [9.17, 15) is 0 Å². The lowest BCUT2D eigenvalue weighted by Gasteiger charge is -2.31. The first-order valence-electron chi connectivity index (χ1n) is 7.94. The zero-order chi connectivity index (χ0) is 15.8. The quantitative estimate of drug-likeness (QED) is 0.325. The first kappa shape index (κ1) is 20.0. The van der Waals surface area contributed by atoms with E-state index in [2.05, 4.69) is 16.8 Å². The fraction of sp³-hybridized carbons (Fsp3) is 0.588. The standard InChI is InChI=1S/C17H27N3O2.HI/c1-14-6-8-20(9-7-14)17(18)19-13-15-4-3-5-16(12-15)22-11-10-21-2;/h3-5,12,14H,6-11,13H2,1-2H3,(H2,18,19);1H. The van der Waals surface area contributed by atoms with Crippen LogP contribution in [0.2, 0.25) is 0 Å². The minimum absolute atomic E-state index is 0. The van der Waals surface area contributed by atoms with Crippen LogP contribution in [0, 0.1) is 5.92 Å². The molecule has 1 aliphatic heterocycles. The highest BCUT2D eigenvalue weighted by Gasteiger charge is 2.16. The van der Waals surface area contributed by atoms with Crippen molar-refractivity contribution in [3.63, 3.8) is 0 Å². The first-order chi connectivity index (χ1) is 10.7. The molecule has 2 rings (SSSR count). The number of nitrogens with two attached hydrogens (primary N) is 1. The highest BCUT2D eigenvalue weighted by Crippen LogP contribution is 2.17. The molecule has 1 saturated heterocycles. The Labute approximate surface area is 156 Å². The van der Waals surface area contributed by atoms with E-state index in [4.69, 9.17) is 15.2 Å². The molecule has 1 aliphatic rings. The number of halogens is 1. The second kappa shape index (κ2) is 10.7. The van der Waals surface area contributed by atoms with Crippen molar-refractivity contribution in [1.82, 2.24) is 4.90 Å². The number of likely N-dealkylation sites (tertiary alicyclic amines) is 1. The average molecular weight is 433 g/mol. The SMILES string of the molecule is COCCOc1cccc(CN=C(N)N2CCC(C)CC2)c1.I. The third-order valence-corrected chi connectivity index (χ3v) is 3.99. The molecule has 5 nitrogen and oxygen atoms in total. The average Bonchev–Trinajstić information content (AvgIpc) is 2.54. The van der Waals surface area contributed by atoms with Crippen molar-refractivity contribution in [2.45, 2.75) is 26.3 Å². The highest BCUT2D eigenvalue weighted by molar-refractivity contribution is 14.0. The predicted octanol–water partition coefficient (Wildman–Crippen LogP) is 2.88. The van der Waals surface area contributed by atoms with E-state index < -0.39 is 0 Å². The van der Waals surface area contributed by atoms with E-state index >= 15 is 0 Å².